The minimum atomic E-state index is -0.515. The Morgan fingerprint density at radius 3 is 2.65 bits per heavy atom. The predicted molar refractivity (Wildman–Crippen MR) is 89.2 cm³/mol. The quantitative estimate of drug-likeness (QED) is 0.447. The summed E-state index contributed by atoms with van der Waals surface area (Å²) in [4.78, 5) is 23.1. The molecule has 2 aromatic rings. The molecule has 0 atom stereocenters. The molecule has 0 aliphatic heterocycles. The van der Waals surface area contributed by atoms with Gasteiger partial charge in [0.2, 0.25) is 11.8 Å². The number of fused-ring (bicyclic) bond motifs is 1. The highest BCUT2D eigenvalue weighted by Crippen LogP contribution is 2.25. The highest BCUT2D eigenvalue weighted by atomic mass is 16.3. The molecule has 0 saturated heterocycles. The smallest absolute Gasteiger partial charge is 0.249 e. The third-order valence-electron chi connectivity index (χ3n) is 3.10. The zero-order valence-corrected chi connectivity index (χ0v) is 13.0. The molecular weight excluding hydrogens is 294 g/mol. The predicted octanol–water partition coefficient (Wildman–Crippen LogP) is 1.91. The van der Waals surface area contributed by atoms with Gasteiger partial charge in [-0.05, 0) is 30.7 Å². The molecule has 2 aromatic carbocycles. The summed E-state index contributed by atoms with van der Waals surface area (Å²) in [5.41, 5.74) is 2.80. The van der Waals surface area contributed by atoms with Crippen LogP contribution in [0.3, 0.4) is 0 Å². The number of hydrazone groups is 1. The van der Waals surface area contributed by atoms with Crippen LogP contribution in [-0.2, 0) is 9.59 Å². The van der Waals surface area contributed by atoms with Crippen molar-refractivity contribution in [2.45, 2.75) is 26.3 Å². The highest BCUT2D eigenvalue weighted by Gasteiger charge is 2.09. The van der Waals surface area contributed by atoms with Gasteiger partial charge in [-0.1, -0.05) is 30.3 Å². The standard InChI is InChI=1S/C17H19N3O3/c1-11(2)19-16(22)9-17(23)20-18-10-14-13-6-4-3-5-12(13)7-8-15(14)21/h3-8,10-11,21H,9H2,1-2H3,(H,19,22)(H,20,23)/b18-10+. The van der Waals surface area contributed by atoms with Crippen molar-refractivity contribution in [3.63, 3.8) is 0 Å². The summed E-state index contributed by atoms with van der Waals surface area (Å²) >= 11 is 0. The Balaban J connectivity index is 2.05. The van der Waals surface area contributed by atoms with E-state index < -0.39 is 5.91 Å². The monoisotopic (exact) mass is 313 g/mol. The van der Waals surface area contributed by atoms with Gasteiger partial charge < -0.3 is 10.4 Å². The third-order valence-corrected chi connectivity index (χ3v) is 3.10. The second-order valence-electron chi connectivity index (χ2n) is 5.41. The number of phenolic OH excluding ortho intramolecular Hbond substituents is 1. The number of carbonyl (C=O) groups excluding carboxylic acids is 2. The molecule has 6 heteroatoms. The van der Waals surface area contributed by atoms with Crippen molar-refractivity contribution >= 4 is 28.8 Å². The van der Waals surface area contributed by atoms with Crippen LogP contribution in [0.4, 0.5) is 0 Å². The maximum atomic E-state index is 11.6. The Bertz CT molecular complexity index is 754. The van der Waals surface area contributed by atoms with Crippen molar-refractivity contribution in [3.05, 3.63) is 42.0 Å². The maximum absolute atomic E-state index is 11.6. The maximum Gasteiger partial charge on any atom is 0.249 e. The largest absolute Gasteiger partial charge is 0.507 e. The third kappa shape index (κ3) is 4.54. The summed E-state index contributed by atoms with van der Waals surface area (Å²) < 4.78 is 0. The van der Waals surface area contributed by atoms with E-state index in [4.69, 9.17) is 0 Å². The van der Waals surface area contributed by atoms with Crippen LogP contribution in [0.15, 0.2) is 41.5 Å². The normalized spacial score (nSPS) is 11.1. The lowest BCUT2D eigenvalue weighted by atomic mass is 10.0. The van der Waals surface area contributed by atoms with E-state index in [9.17, 15) is 14.7 Å². The fraction of sp³-hybridized carbons (Fsp3) is 0.235. The molecule has 0 fully saturated rings. The number of phenols is 1. The Labute approximate surface area is 134 Å². The van der Waals surface area contributed by atoms with Crippen molar-refractivity contribution in [3.8, 4) is 5.75 Å². The van der Waals surface area contributed by atoms with Crippen LogP contribution >= 0.6 is 0 Å². The first-order valence-corrected chi connectivity index (χ1v) is 7.29. The summed E-state index contributed by atoms with van der Waals surface area (Å²) in [6.07, 6.45) is 1.08. The molecule has 0 unspecified atom stereocenters. The van der Waals surface area contributed by atoms with E-state index in [0.29, 0.717) is 5.56 Å². The first kappa shape index (κ1) is 16.5. The molecule has 0 bridgehead atoms. The molecule has 0 heterocycles. The Morgan fingerprint density at radius 2 is 1.91 bits per heavy atom. The summed E-state index contributed by atoms with van der Waals surface area (Å²) in [5, 5.41) is 18.2. The molecule has 120 valence electrons. The summed E-state index contributed by atoms with van der Waals surface area (Å²) in [6, 6.07) is 10.9. The second-order valence-corrected chi connectivity index (χ2v) is 5.41. The molecule has 2 amide bonds. The minimum Gasteiger partial charge on any atom is -0.507 e. The number of benzene rings is 2. The lowest BCUT2D eigenvalue weighted by Gasteiger charge is -2.07. The Hall–Kier alpha value is -2.89. The fourth-order valence-corrected chi connectivity index (χ4v) is 2.15. The minimum absolute atomic E-state index is 0.0218. The van der Waals surface area contributed by atoms with Gasteiger partial charge in [-0.3, -0.25) is 9.59 Å². The van der Waals surface area contributed by atoms with Crippen molar-refractivity contribution in [2.24, 2.45) is 5.10 Å². The number of nitrogens with zero attached hydrogens (tertiary/aromatic N) is 1. The zero-order valence-electron chi connectivity index (χ0n) is 13.0. The number of hydrogen-bond donors (Lipinski definition) is 3. The van der Waals surface area contributed by atoms with E-state index in [1.54, 1.807) is 12.1 Å². The van der Waals surface area contributed by atoms with Crippen molar-refractivity contribution in [1.29, 1.82) is 0 Å². The average molecular weight is 313 g/mol. The van der Waals surface area contributed by atoms with Gasteiger partial charge in [0.05, 0.1) is 6.21 Å². The SMILES string of the molecule is CC(C)NC(=O)CC(=O)N/N=C/c1c(O)ccc2ccccc12. The lowest BCUT2D eigenvalue weighted by Crippen LogP contribution is -2.34. The van der Waals surface area contributed by atoms with E-state index in [0.717, 1.165) is 10.8 Å². The van der Waals surface area contributed by atoms with Crippen LogP contribution < -0.4 is 10.7 Å². The van der Waals surface area contributed by atoms with E-state index in [-0.39, 0.29) is 24.1 Å². The van der Waals surface area contributed by atoms with Crippen molar-refractivity contribution in [2.75, 3.05) is 0 Å². The Kier molecular flexibility index (Phi) is 5.30. The lowest BCUT2D eigenvalue weighted by molar-refractivity contribution is -0.129. The molecular formula is C17H19N3O3. The highest BCUT2D eigenvalue weighted by molar-refractivity contribution is 6.03. The number of rotatable bonds is 5. The van der Waals surface area contributed by atoms with Gasteiger partial charge in [0, 0.05) is 11.6 Å². The van der Waals surface area contributed by atoms with Crippen LogP contribution in [0.5, 0.6) is 5.75 Å². The molecule has 0 aromatic heterocycles. The van der Waals surface area contributed by atoms with E-state index in [1.807, 2.05) is 38.1 Å². The van der Waals surface area contributed by atoms with Gasteiger partial charge in [-0.15, -0.1) is 0 Å². The number of hydrogen-bond acceptors (Lipinski definition) is 4. The molecule has 0 aliphatic rings. The Morgan fingerprint density at radius 1 is 1.17 bits per heavy atom. The second kappa shape index (κ2) is 7.40. The number of aromatic hydroxyl groups is 1. The van der Waals surface area contributed by atoms with Crippen molar-refractivity contribution < 1.29 is 14.7 Å². The van der Waals surface area contributed by atoms with Gasteiger partial charge in [-0.25, -0.2) is 5.43 Å². The summed E-state index contributed by atoms with van der Waals surface area (Å²) in [6.45, 7) is 3.63. The number of carbonyl (C=O) groups is 2. The van der Waals surface area contributed by atoms with Crippen LogP contribution in [0, 0.1) is 0 Å². The number of amides is 2. The van der Waals surface area contributed by atoms with E-state index in [2.05, 4.69) is 15.8 Å². The number of nitrogens with one attached hydrogen (secondary N) is 2. The van der Waals surface area contributed by atoms with Gasteiger partial charge in [0.15, 0.2) is 0 Å². The molecule has 0 spiro atoms. The molecule has 0 saturated carbocycles. The first-order valence-electron chi connectivity index (χ1n) is 7.29. The van der Waals surface area contributed by atoms with Gasteiger partial charge in [0.1, 0.15) is 12.2 Å². The topological polar surface area (TPSA) is 90.8 Å². The summed E-state index contributed by atoms with van der Waals surface area (Å²) in [5.74, 6) is -0.806. The molecule has 0 aliphatic carbocycles. The van der Waals surface area contributed by atoms with Crippen LogP contribution in [-0.4, -0.2) is 29.2 Å². The molecule has 6 nitrogen and oxygen atoms in total. The first-order chi connectivity index (χ1) is 11.0. The molecule has 0 radical (unpaired) electrons. The molecule has 3 N–H and O–H groups in total. The average Bonchev–Trinajstić information content (AvgIpc) is 2.48. The van der Waals surface area contributed by atoms with Crippen LogP contribution in [0.1, 0.15) is 25.8 Å². The van der Waals surface area contributed by atoms with Gasteiger partial charge in [-0.2, -0.15) is 5.10 Å². The van der Waals surface area contributed by atoms with Gasteiger partial charge in [0.25, 0.3) is 0 Å². The molecule has 2 rings (SSSR count). The summed E-state index contributed by atoms with van der Waals surface area (Å²) in [7, 11) is 0. The fourth-order valence-electron chi connectivity index (χ4n) is 2.15. The zero-order chi connectivity index (χ0) is 16.8. The molecule has 23 heavy (non-hydrogen) atoms. The van der Waals surface area contributed by atoms with Gasteiger partial charge >= 0.3 is 0 Å². The van der Waals surface area contributed by atoms with Crippen LogP contribution in [0.25, 0.3) is 10.8 Å². The van der Waals surface area contributed by atoms with E-state index in [1.165, 1.54) is 6.21 Å². The van der Waals surface area contributed by atoms with Crippen LogP contribution in [0.2, 0.25) is 0 Å². The van der Waals surface area contributed by atoms with E-state index >= 15 is 0 Å². The van der Waals surface area contributed by atoms with Crippen molar-refractivity contribution in [1.82, 2.24) is 10.7 Å².